The molecule has 0 radical (unpaired) electrons. The molecule has 1 heterocycles. The van der Waals surface area contributed by atoms with Crippen molar-refractivity contribution < 1.29 is 9.90 Å². The lowest BCUT2D eigenvalue weighted by molar-refractivity contribution is 0.188. The first-order valence-corrected chi connectivity index (χ1v) is 6.60. The van der Waals surface area contributed by atoms with Crippen LogP contribution in [0.5, 0.6) is 0 Å². The van der Waals surface area contributed by atoms with Gasteiger partial charge in [0.1, 0.15) is 0 Å². The molecule has 1 aromatic heterocycles. The van der Waals surface area contributed by atoms with E-state index in [9.17, 15) is 4.79 Å². The summed E-state index contributed by atoms with van der Waals surface area (Å²) < 4.78 is 1.80. The fraction of sp³-hybridized carbons (Fsp3) is 0.692. The molecule has 0 bridgehead atoms. The van der Waals surface area contributed by atoms with Gasteiger partial charge in [-0.25, -0.2) is 4.79 Å². The highest BCUT2D eigenvalue weighted by Crippen LogP contribution is 2.16. The normalized spacial score (nSPS) is 11.4. The standard InChI is InChI=1S/C13H24N4O2/c1-5-6-16(7-8-18)12(19)15-11-9-14-17(10-11)13(2,3)4/h9-10,18H,5-8H2,1-4H3,(H,15,19). The van der Waals surface area contributed by atoms with Crippen LogP contribution in [0.1, 0.15) is 34.1 Å². The van der Waals surface area contributed by atoms with E-state index in [1.54, 1.807) is 22.0 Å². The van der Waals surface area contributed by atoms with Crippen LogP contribution in [-0.4, -0.2) is 45.5 Å². The molecule has 0 aliphatic heterocycles. The van der Waals surface area contributed by atoms with Crippen molar-refractivity contribution in [2.75, 3.05) is 25.0 Å². The number of nitrogens with one attached hydrogen (secondary N) is 1. The molecule has 0 saturated heterocycles. The second-order valence-electron chi connectivity index (χ2n) is 5.49. The summed E-state index contributed by atoms with van der Waals surface area (Å²) in [4.78, 5) is 13.6. The molecule has 19 heavy (non-hydrogen) atoms. The first kappa shape index (κ1) is 15.5. The fourth-order valence-corrected chi connectivity index (χ4v) is 1.66. The summed E-state index contributed by atoms with van der Waals surface area (Å²) in [5.41, 5.74) is 0.552. The Kier molecular flexibility index (Phi) is 5.35. The van der Waals surface area contributed by atoms with Crippen molar-refractivity contribution in [2.45, 2.75) is 39.7 Å². The van der Waals surface area contributed by atoms with Crippen LogP contribution >= 0.6 is 0 Å². The molecule has 0 aliphatic rings. The summed E-state index contributed by atoms with van der Waals surface area (Å²) in [6.07, 6.45) is 4.29. The van der Waals surface area contributed by atoms with E-state index in [4.69, 9.17) is 5.11 Å². The van der Waals surface area contributed by atoms with E-state index in [0.29, 0.717) is 18.8 Å². The maximum atomic E-state index is 12.0. The molecule has 1 rings (SSSR count). The zero-order chi connectivity index (χ0) is 14.5. The molecule has 0 saturated carbocycles. The molecule has 2 N–H and O–H groups in total. The Morgan fingerprint density at radius 3 is 2.63 bits per heavy atom. The third-order valence-electron chi connectivity index (χ3n) is 2.67. The van der Waals surface area contributed by atoms with Gasteiger partial charge in [0.05, 0.1) is 24.0 Å². The van der Waals surface area contributed by atoms with Crippen LogP contribution in [0.25, 0.3) is 0 Å². The highest BCUT2D eigenvalue weighted by atomic mass is 16.3. The Hall–Kier alpha value is -1.56. The van der Waals surface area contributed by atoms with Gasteiger partial charge >= 0.3 is 6.03 Å². The van der Waals surface area contributed by atoms with E-state index < -0.39 is 0 Å². The first-order valence-electron chi connectivity index (χ1n) is 6.60. The van der Waals surface area contributed by atoms with E-state index in [2.05, 4.69) is 10.4 Å². The number of hydrogen-bond acceptors (Lipinski definition) is 3. The van der Waals surface area contributed by atoms with Crippen LogP contribution in [0.15, 0.2) is 12.4 Å². The molecule has 0 fully saturated rings. The Morgan fingerprint density at radius 2 is 2.16 bits per heavy atom. The lowest BCUT2D eigenvalue weighted by atomic mass is 10.1. The Morgan fingerprint density at radius 1 is 1.47 bits per heavy atom. The Bertz CT molecular complexity index is 403. The van der Waals surface area contributed by atoms with Gasteiger partial charge in [-0.1, -0.05) is 6.92 Å². The van der Waals surface area contributed by atoms with Gasteiger partial charge in [-0.2, -0.15) is 5.10 Å². The molecule has 2 amide bonds. The topological polar surface area (TPSA) is 70.4 Å². The maximum absolute atomic E-state index is 12.0. The lowest BCUT2D eigenvalue weighted by Gasteiger charge is -2.21. The van der Waals surface area contributed by atoms with Crippen LogP contribution < -0.4 is 5.32 Å². The van der Waals surface area contributed by atoms with Gasteiger partial charge in [0.15, 0.2) is 0 Å². The fourth-order valence-electron chi connectivity index (χ4n) is 1.66. The molecular formula is C13H24N4O2. The minimum atomic E-state index is -0.204. The Balaban J connectivity index is 2.67. The van der Waals surface area contributed by atoms with Crippen LogP contribution in [0.4, 0.5) is 10.5 Å². The molecule has 108 valence electrons. The van der Waals surface area contributed by atoms with E-state index >= 15 is 0 Å². The Labute approximate surface area is 114 Å². The van der Waals surface area contributed by atoms with Gasteiger partial charge in [-0.15, -0.1) is 0 Å². The van der Waals surface area contributed by atoms with Gasteiger partial charge in [0.25, 0.3) is 0 Å². The number of hydrogen-bond donors (Lipinski definition) is 2. The third-order valence-corrected chi connectivity index (χ3v) is 2.67. The second-order valence-corrected chi connectivity index (χ2v) is 5.49. The van der Waals surface area contributed by atoms with E-state index in [1.807, 2.05) is 27.7 Å². The number of nitrogens with zero attached hydrogens (tertiary/aromatic N) is 3. The maximum Gasteiger partial charge on any atom is 0.322 e. The van der Waals surface area contributed by atoms with E-state index in [0.717, 1.165) is 6.42 Å². The molecule has 6 heteroatoms. The molecular weight excluding hydrogens is 244 g/mol. The van der Waals surface area contributed by atoms with Crippen LogP contribution in [0.3, 0.4) is 0 Å². The van der Waals surface area contributed by atoms with Gasteiger partial charge in [-0.05, 0) is 27.2 Å². The van der Waals surface area contributed by atoms with Gasteiger partial charge in [-0.3, -0.25) is 4.68 Å². The smallest absolute Gasteiger partial charge is 0.322 e. The summed E-state index contributed by atoms with van der Waals surface area (Å²) in [7, 11) is 0. The quantitative estimate of drug-likeness (QED) is 0.856. The summed E-state index contributed by atoms with van der Waals surface area (Å²) >= 11 is 0. The van der Waals surface area contributed by atoms with E-state index in [1.165, 1.54) is 0 Å². The zero-order valence-corrected chi connectivity index (χ0v) is 12.2. The largest absolute Gasteiger partial charge is 0.395 e. The number of amides is 2. The lowest BCUT2D eigenvalue weighted by Crippen LogP contribution is -2.37. The molecule has 0 aliphatic carbocycles. The van der Waals surface area contributed by atoms with Crippen LogP contribution in [-0.2, 0) is 5.54 Å². The number of rotatable bonds is 5. The number of carbonyl (C=O) groups is 1. The number of aromatic nitrogens is 2. The van der Waals surface area contributed by atoms with Crippen LogP contribution in [0, 0.1) is 0 Å². The van der Waals surface area contributed by atoms with Crippen molar-refractivity contribution in [1.82, 2.24) is 14.7 Å². The number of aliphatic hydroxyl groups excluding tert-OH is 1. The zero-order valence-electron chi connectivity index (χ0n) is 12.2. The van der Waals surface area contributed by atoms with Crippen LogP contribution in [0.2, 0.25) is 0 Å². The molecule has 6 nitrogen and oxygen atoms in total. The number of anilines is 1. The number of urea groups is 1. The molecule has 0 spiro atoms. The molecule has 0 atom stereocenters. The SMILES string of the molecule is CCCN(CCO)C(=O)Nc1cnn(C(C)(C)C)c1. The van der Waals surface area contributed by atoms with Crippen molar-refractivity contribution in [3.05, 3.63) is 12.4 Å². The average Bonchev–Trinajstić information content (AvgIpc) is 2.77. The molecule has 0 aromatic carbocycles. The summed E-state index contributed by atoms with van der Waals surface area (Å²) in [6, 6.07) is -0.204. The van der Waals surface area contributed by atoms with Gasteiger partial charge in [0, 0.05) is 19.3 Å². The van der Waals surface area contributed by atoms with Gasteiger partial charge < -0.3 is 15.3 Å². The minimum absolute atomic E-state index is 0.0331. The summed E-state index contributed by atoms with van der Waals surface area (Å²) in [5.74, 6) is 0. The second kappa shape index (κ2) is 6.56. The highest BCUT2D eigenvalue weighted by molar-refractivity contribution is 5.89. The van der Waals surface area contributed by atoms with Crippen molar-refractivity contribution in [2.24, 2.45) is 0 Å². The predicted octanol–water partition coefficient (Wildman–Crippen LogP) is 1.87. The molecule has 1 aromatic rings. The summed E-state index contributed by atoms with van der Waals surface area (Å²) in [5, 5.41) is 16.0. The summed E-state index contributed by atoms with van der Waals surface area (Å²) in [6.45, 7) is 9.05. The van der Waals surface area contributed by atoms with E-state index in [-0.39, 0.29) is 18.2 Å². The van der Waals surface area contributed by atoms with Crippen molar-refractivity contribution in [3.63, 3.8) is 0 Å². The van der Waals surface area contributed by atoms with Crippen molar-refractivity contribution >= 4 is 11.7 Å². The minimum Gasteiger partial charge on any atom is -0.395 e. The van der Waals surface area contributed by atoms with Gasteiger partial charge in [0.2, 0.25) is 0 Å². The average molecular weight is 268 g/mol. The van der Waals surface area contributed by atoms with Crippen molar-refractivity contribution in [1.29, 1.82) is 0 Å². The third kappa shape index (κ3) is 4.55. The first-order chi connectivity index (χ1) is 8.88. The molecule has 0 unspecified atom stereocenters. The van der Waals surface area contributed by atoms with Crippen molar-refractivity contribution in [3.8, 4) is 0 Å². The predicted molar refractivity (Wildman–Crippen MR) is 75.2 cm³/mol. The number of carbonyl (C=O) groups excluding carboxylic acids is 1. The number of aliphatic hydroxyl groups is 1. The highest BCUT2D eigenvalue weighted by Gasteiger charge is 2.16. The monoisotopic (exact) mass is 268 g/mol.